The number of benzene rings is 1. The predicted molar refractivity (Wildman–Crippen MR) is 86.2 cm³/mol. The van der Waals surface area contributed by atoms with Crippen molar-refractivity contribution in [2.45, 2.75) is 38.1 Å². The highest BCUT2D eigenvalue weighted by Gasteiger charge is 2.24. The Kier molecular flexibility index (Phi) is 5.17. The summed E-state index contributed by atoms with van der Waals surface area (Å²) in [5.74, 6) is 1.10. The van der Waals surface area contributed by atoms with E-state index in [9.17, 15) is 9.59 Å². The molecule has 8 nitrogen and oxygen atoms in total. The summed E-state index contributed by atoms with van der Waals surface area (Å²) in [5.41, 5.74) is 6.63. The van der Waals surface area contributed by atoms with Crippen molar-refractivity contribution in [2.24, 2.45) is 5.73 Å². The standard InChI is InChI=1S/C16H22N4O4/c17-13-7-16(22)20-14(19-13)8-15(21)18-9-10-2-3-11-12(6-10)24-5-1-4-23-11/h2-3,6,13-14,19H,1,4-5,7-9,17H2,(H,18,21)(H,20,22). The molecule has 1 aromatic carbocycles. The van der Waals surface area contributed by atoms with Crippen molar-refractivity contribution in [3.63, 3.8) is 0 Å². The Bertz CT molecular complexity index is 622. The topological polar surface area (TPSA) is 115 Å². The van der Waals surface area contributed by atoms with Crippen LogP contribution in [0.5, 0.6) is 11.5 Å². The van der Waals surface area contributed by atoms with Crippen LogP contribution >= 0.6 is 0 Å². The molecule has 1 fully saturated rings. The highest BCUT2D eigenvalue weighted by Crippen LogP contribution is 2.30. The van der Waals surface area contributed by atoms with Gasteiger partial charge in [0.2, 0.25) is 11.8 Å². The molecular weight excluding hydrogens is 312 g/mol. The molecule has 0 saturated carbocycles. The van der Waals surface area contributed by atoms with Gasteiger partial charge in [-0.05, 0) is 17.7 Å². The Labute approximate surface area is 140 Å². The first-order valence-corrected chi connectivity index (χ1v) is 8.06. The molecule has 5 N–H and O–H groups in total. The quantitative estimate of drug-likeness (QED) is 0.594. The van der Waals surface area contributed by atoms with Crippen LogP contribution in [-0.4, -0.2) is 37.4 Å². The lowest BCUT2D eigenvalue weighted by Crippen LogP contribution is -2.60. The number of amides is 2. The third kappa shape index (κ3) is 4.36. The van der Waals surface area contributed by atoms with Crippen LogP contribution in [0.15, 0.2) is 18.2 Å². The van der Waals surface area contributed by atoms with Gasteiger partial charge in [-0.2, -0.15) is 0 Å². The lowest BCUT2D eigenvalue weighted by molar-refractivity contribution is -0.126. The van der Waals surface area contributed by atoms with E-state index < -0.39 is 12.3 Å². The summed E-state index contributed by atoms with van der Waals surface area (Å²) < 4.78 is 11.2. The molecule has 2 amide bonds. The van der Waals surface area contributed by atoms with Crippen molar-refractivity contribution < 1.29 is 19.1 Å². The summed E-state index contributed by atoms with van der Waals surface area (Å²) in [6.07, 6.45) is 0.339. The van der Waals surface area contributed by atoms with E-state index in [1.807, 2.05) is 18.2 Å². The minimum absolute atomic E-state index is 0.129. The minimum atomic E-state index is -0.440. The third-order valence-corrected chi connectivity index (χ3v) is 3.85. The average molecular weight is 334 g/mol. The van der Waals surface area contributed by atoms with Crippen LogP contribution in [-0.2, 0) is 16.1 Å². The van der Waals surface area contributed by atoms with Gasteiger partial charge >= 0.3 is 0 Å². The molecule has 2 unspecified atom stereocenters. The monoisotopic (exact) mass is 334 g/mol. The van der Waals surface area contributed by atoms with E-state index in [2.05, 4.69) is 16.0 Å². The molecule has 2 aliphatic rings. The van der Waals surface area contributed by atoms with Gasteiger partial charge in [-0.3, -0.25) is 14.9 Å². The molecule has 2 atom stereocenters. The molecule has 130 valence electrons. The normalized spacial score (nSPS) is 23.1. The van der Waals surface area contributed by atoms with Gasteiger partial charge in [-0.1, -0.05) is 6.07 Å². The smallest absolute Gasteiger partial charge is 0.224 e. The van der Waals surface area contributed by atoms with E-state index in [0.29, 0.717) is 25.5 Å². The molecule has 24 heavy (non-hydrogen) atoms. The molecule has 3 rings (SSSR count). The van der Waals surface area contributed by atoms with E-state index in [0.717, 1.165) is 17.7 Å². The largest absolute Gasteiger partial charge is 0.490 e. The summed E-state index contributed by atoms with van der Waals surface area (Å²) in [6, 6.07) is 5.62. The Balaban J connectivity index is 1.51. The molecule has 8 heteroatoms. The van der Waals surface area contributed by atoms with E-state index in [4.69, 9.17) is 15.2 Å². The highest BCUT2D eigenvalue weighted by molar-refractivity contribution is 5.80. The Hall–Kier alpha value is -2.32. The van der Waals surface area contributed by atoms with Crippen molar-refractivity contribution in [3.8, 4) is 11.5 Å². The molecular formula is C16H22N4O4. The van der Waals surface area contributed by atoms with Gasteiger partial charge in [-0.15, -0.1) is 0 Å². The summed E-state index contributed by atoms with van der Waals surface area (Å²) in [4.78, 5) is 23.5. The Morgan fingerprint density at radius 3 is 2.88 bits per heavy atom. The summed E-state index contributed by atoms with van der Waals surface area (Å²) in [6.45, 7) is 1.64. The summed E-state index contributed by atoms with van der Waals surface area (Å²) in [5, 5.41) is 8.50. The van der Waals surface area contributed by atoms with E-state index >= 15 is 0 Å². The van der Waals surface area contributed by atoms with Gasteiger partial charge in [0.1, 0.15) is 0 Å². The fourth-order valence-corrected chi connectivity index (χ4v) is 2.70. The summed E-state index contributed by atoms with van der Waals surface area (Å²) in [7, 11) is 0. The molecule has 0 bridgehead atoms. The van der Waals surface area contributed by atoms with Crippen LogP contribution in [0.4, 0.5) is 0 Å². The lowest BCUT2D eigenvalue weighted by Gasteiger charge is -2.28. The fraction of sp³-hybridized carbons (Fsp3) is 0.500. The number of ether oxygens (including phenoxy) is 2. The molecule has 0 aliphatic carbocycles. The maximum Gasteiger partial charge on any atom is 0.224 e. The van der Waals surface area contributed by atoms with Crippen molar-refractivity contribution in [1.29, 1.82) is 0 Å². The zero-order chi connectivity index (χ0) is 16.9. The lowest BCUT2D eigenvalue weighted by atomic mass is 10.1. The van der Waals surface area contributed by atoms with Crippen LogP contribution < -0.4 is 31.2 Å². The van der Waals surface area contributed by atoms with Crippen molar-refractivity contribution >= 4 is 11.8 Å². The number of nitrogens with one attached hydrogen (secondary N) is 3. The Morgan fingerprint density at radius 1 is 1.29 bits per heavy atom. The van der Waals surface area contributed by atoms with E-state index in [1.165, 1.54) is 0 Å². The van der Waals surface area contributed by atoms with Crippen LogP contribution in [0.3, 0.4) is 0 Å². The second kappa shape index (κ2) is 7.50. The first-order valence-electron chi connectivity index (χ1n) is 8.06. The number of hydrogen-bond donors (Lipinski definition) is 4. The second-order valence-corrected chi connectivity index (χ2v) is 5.91. The van der Waals surface area contributed by atoms with Gasteiger partial charge < -0.3 is 25.8 Å². The van der Waals surface area contributed by atoms with Gasteiger partial charge in [0, 0.05) is 13.0 Å². The number of rotatable bonds is 4. The number of fused-ring (bicyclic) bond motifs is 1. The van der Waals surface area contributed by atoms with Gasteiger partial charge in [-0.25, -0.2) is 0 Å². The molecule has 1 saturated heterocycles. The van der Waals surface area contributed by atoms with Gasteiger partial charge in [0.05, 0.1) is 38.4 Å². The van der Waals surface area contributed by atoms with Crippen LogP contribution in [0.2, 0.25) is 0 Å². The van der Waals surface area contributed by atoms with Crippen molar-refractivity contribution in [2.75, 3.05) is 13.2 Å². The average Bonchev–Trinajstić information content (AvgIpc) is 2.76. The molecule has 0 radical (unpaired) electrons. The molecule has 1 aromatic rings. The van der Waals surface area contributed by atoms with Gasteiger partial charge in [0.15, 0.2) is 11.5 Å². The maximum atomic E-state index is 12.0. The zero-order valence-electron chi connectivity index (χ0n) is 13.3. The predicted octanol–water partition coefficient (Wildman–Crippen LogP) is -0.425. The van der Waals surface area contributed by atoms with Crippen LogP contribution in [0, 0.1) is 0 Å². The van der Waals surface area contributed by atoms with Gasteiger partial charge in [0.25, 0.3) is 0 Å². The number of nitrogens with two attached hydrogens (primary N) is 1. The third-order valence-electron chi connectivity index (χ3n) is 3.85. The number of carbonyl (C=O) groups is 2. The SMILES string of the molecule is NC1CC(=O)NC(CC(=O)NCc2ccc3c(c2)OCCCO3)N1. The van der Waals surface area contributed by atoms with E-state index in [1.54, 1.807) is 0 Å². The Morgan fingerprint density at radius 2 is 2.08 bits per heavy atom. The zero-order valence-corrected chi connectivity index (χ0v) is 13.3. The molecule has 0 aromatic heterocycles. The molecule has 2 aliphatic heterocycles. The van der Waals surface area contributed by atoms with Crippen LogP contribution in [0.25, 0.3) is 0 Å². The van der Waals surface area contributed by atoms with Crippen LogP contribution in [0.1, 0.15) is 24.8 Å². The highest BCUT2D eigenvalue weighted by atomic mass is 16.5. The second-order valence-electron chi connectivity index (χ2n) is 5.91. The summed E-state index contributed by atoms with van der Waals surface area (Å²) >= 11 is 0. The first-order chi connectivity index (χ1) is 11.6. The number of hydrogen-bond acceptors (Lipinski definition) is 6. The number of carbonyl (C=O) groups excluding carboxylic acids is 2. The minimum Gasteiger partial charge on any atom is -0.490 e. The first kappa shape index (κ1) is 16.5. The maximum absolute atomic E-state index is 12.0. The van der Waals surface area contributed by atoms with Crippen molar-refractivity contribution in [3.05, 3.63) is 23.8 Å². The molecule has 2 heterocycles. The van der Waals surface area contributed by atoms with Crippen molar-refractivity contribution in [1.82, 2.24) is 16.0 Å². The van der Waals surface area contributed by atoms with E-state index in [-0.39, 0.29) is 24.7 Å². The molecule has 0 spiro atoms. The fourth-order valence-electron chi connectivity index (χ4n) is 2.70.